The lowest BCUT2D eigenvalue weighted by Crippen LogP contribution is -2.44. The number of carbonyl (C=O) groups excluding carboxylic acids is 1. The van der Waals surface area contributed by atoms with Crippen LogP contribution in [0.15, 0.2) is 29.4 Å². The van der Waals surface area contributed by atoms with E-state index in [4.69, 9.17) is 0 Å². The van der Waals surface area contributed by atoms with E-state index in [1.807, 2.05) is 0 Å². The van der Waals surface area contributed by atoms with Crippen LogP contribution >= 0.6 is 0 Å². The fourth-order valence-electron chi connectivity index (χ4n) is 2.40. The van der Waals surface area contributed by atoms with Crippen molar-refractivity contribution in [3.63, 3.8) is 0 Å². The second kappa shape index (κ2) is 6.35. The molecular weight excluding hydrogens is 276 g/mol. The second-order valence-electron chi connectivity index (χ2n) is 5.20. The van der Waals surface area contributed by atoms with E-state index in [0.29, 0.717) is 0 Å². The number of hydrogen-bond acceptors (Lipinski definition) is 4. The molecule has 110 valence electrons. The van der Waals surface area contributed by atoms with Crippen LogP contribution in [0.2, 0.25) is 0 Å². The van der Waals surface area contributed by atoms with Crippen molar-refractivity contribution in [1.29, 1.82) is 0 Å². The smallest absolute Gasteiger partial charge is 0.238 e. The van der Waals surface area contributed by atoms with Gasteiger partial charge in [-0.15, -0.1) is 0 Å². The van der Waals surface area contributed by atoms with Crippen molar-refractivity contribution < 1.29 is 13.2 Å². The SMILES string of the molecule is CC(C(=O)NC1CCCCC1)S(=O)(=O)c1ccccn1. The maximum absolute atomic E-state index is 12.3. The Balaban J connectivity index is 2.06. The first-order valence-corrected chi connectivity index (χ1v) is 8.52. The Morgan fingerprint density at radius 3 is 2.60 bits per heavy atom. The van der Waals surface area contributed by atoms with Gasteiger partial charge in [-0.2, -0.15) is 0 Å². The van der Waals surface area contributed by atoms with Crippen molar-refractivity contribution >= 4 is 15.7 Å². The van der Waals surface area contributed by atoms with Gasteiger partial charge in [0.05, 0.1) is 0 Å². The highest BCUT2D eigenvalue weighted by molar-refractivity contribution is 7.92. The Kier molecular flexibility index (Phi) is 4.75. The van der Waals surface area contributed by atoms with Crippen LogP contribution < -0.4 is 5.32 Å². The number of sulfone groups is 1. The zero-order valence-corrected chi connectivity index (χ0v) is 12.4. The summed E-state index contributed by atoms with van der Waals surface area (Å²) in [6.45, 7) is 1.42. The van der Waals surface area contributed by atoms with Crippen molar-refractivity contribution in [1.82, 2.24) is 10.3 Å². The summed E-state index contributed by atoms with van der Waals surface area (Å²) in [7, 11) is -3.71. The molecule has 6 heteroatoms. The zero-order chi connectivity index (χ0) is 14.6. The van der Waals surface area contributed by atoms with Crippen LogP contribution in [0.4, 0.5) is 0 Å². The molecule has 2 rings (SSSR count). The summed E-state index contributed by atoms with van der Waals surface area (Å²) in [6.07, 6.45) is 6.65. The third-order valence-corrected chi connectivity index (χ3v) is 5.68. The lowest BCUT2D eigenvalue weighted by Gasteiger charge is -2.24. The van der Waals surface area contributed by atoms with E-state index in [1.54, 1.807) is 12.1 Å². The quantitative estimate of drug-likeness (QED) is 0.917. The van der Waals surface area contributed by atoms with Gasteiger partial charge in [-0.05, 0) is 31.9 Å². The molecule has 0 radical (unpaired) electrons. The lowest BCUT2D eigenvalue weighted by atomic mass is 9.95. The van der Waals surface area contributed by atoms with Crippen molar-refractivity contribution in [2.24, 2.45) is 0 Å². The van der Waals surface area contributed by atoms with Gasteiger partial charge >= 0.3 is 0 Å². The van der Waals surface area contributed by atoms with E-state index in [1.165, 1.54) is 25.6 Å². The largest absolute Gasteiger partial charge is 0.352 e. The topological polar surface area (TPSA) is 76.1 Å². The minimum atomic E-state index is -3.71. The maximum atomic E-state index is 12.3. The third kappa shape index (κ3) is 3.36. The summed E-state index contributed by atoms with van der Waals surface area (Å²) >= 11 is 0. The molecule has 1 saturated carbocycles. The average molecular weight is 296 g/mol. The van der Waals surface area contributed by atoms with Crippen LogP contribution in [0.1, 0.15) is 39.0 Å². The van der Waals surface area contributed by atoms with Gasteiger partial charge in [-0.25, -0.2) is 13.4 Å². The number of hydrogen-bond donors (Lipinski definition) is 1. The normalized spacial score (nSPS) is 18.4. The third-order valence-electron chi connectivity index (χ3n) is 3.72. The van der Waals surface area contributed by atoms with Gasteiger partial charge < -0.3 is 5.32 Å². The van der Waals surface area contributed by atoms with Crippen LogP contribution in [-0.4, -0.2) is 30.6 Å². The number of pyridine rings is 1. The van der Waals surface area contributed by atoms with E-state index >= 15 is 0 Å². The van der Waals surface area contributed by atoms with Gasteiger partial charge in [0.2, 0.25) is 15.7 Å². The predicted octanol–water partition coefficient (Wildman–Crippen LogP) is 1.69. The van der Waals surface area contributed by atoms with Crippen molar-refractivity contribution in [2.45, 2.75) is 55.3 Å². The molecule has 5 nitrogen and oxygen atoms in total. The van der Waals surface area contributed by atoms with Gasteiger partial charge in [-0.3, -0.25) is 4.79 Å². The van der Waals surface area contributed by atoms with Crippen LogP contribution in [0, 0.1) is 0 Å². The fraction of sp³-hybridized carbons (Fsp3) is 0.571. The molecule has 0 aliphatic heterocycles. The Morgan fingerprint density at radius 1 is 1.30 bits per heavy atom. The molecule has 1 amide bonds. The zero-order valence-electron chi connectivity index (χ0n) is 11.6. The van der Waals surface area contributed by atoms with Crippen LogP contribution in [0.3, 0.4) is 0 Å². The summed E-state index contributed by atoms with van der Waals surface area (Å²) in [4.78, 5) is 15.9. The molecule has 1 atom stereocenters. The van der Waals surface area contributed by atoms with Gasteiger partial charge in [0.25, 0.3) is 0 Å². The summed E-state index contributed by atoms with van der Waals surface area (Å²) in [5.41, 5.74) is 0. The molecule has 1 unspecified atom stereocenters. The molecule has 0 bridgehead atoms. The van der Waals surface area contributed by atoms with Gasteiger partial charge in [0.15, 0.2) is 5.03 Å². The molecule has 1 aromatic heterocycles. The Hall–Kier alpha value is -1.43. The van der Waals surface area contributed by atoms with E-state index in [2.05, 4.69) is 10.3 Å². The number of rotatable bonds is 4. The highest BCUT2D eigenvalue weighted by atomic mass is 32.2. The van der Waals surface area contributed by atoms with E-state index in [0.717, 1.165) is 25.7 Å². The van der Waals surface area contributed by atoms with Crippen LogP contribution in [0.25, 0.3) is 0 Å². The maximum Gasteiger partial charge on any atom is 0.238 e. The summed E-state index contributed by atoms with van der Waals surface area (Å²) in [6, 6.07) is 4.77. The standard InChI is InChI=1S/C14H20N2O3S/c1-11(14(17)16-12-7-3-2-4-8-12)20(18,19)13-9-5-6-10-15-13/h5-6,9-12H,2-4,7-8H2,1H3,(H,16,17). The molecule has 0 aromatic carbocycles. The molecule has 1 aliphatic rings. The first kappa shape index (κ1) is 15.0. The Bertz CT molecular complexity index is 551. The first-order valence-electron chi connectivity index (χ1n) is 6.97. The highest BCUT2D eigenvalue weighted by Crippen LogP contribution is 2.19. The lowest BCUT2D eigenvalue weighted by molar-refractivity contribution is -0.121. The van der Waals surface area contributed by atoms with Crippen molar-refractivity contribution in [3.8, 4) is 0 Å². The minimum Gasteiger partial charge on any atom is -0.352 e. The van der Waals surface area contributed by atoms with Crippen LogP contribution in [-0.2, 0) is 14.6 Å². The van der Waals surface area contributed by atoms with E-state index in [9.17, 15) is 13.2 Å². The summed E-state index contributed by atoms with van der Waals surface area (Å²) in [5.74, 6) is -0.428. The molecule has 20 heavy (non-hydrogen) atoms. The van der Waals surface area contributed by atoms with Gasteiger partial charge in [0.1, 0.15) is 5.25 Å². The number of aromatic nitrogens is 1. The molecule has 1 heterocycles. The molecule has 0 spiro atoms. The molecule has 0 saturated heterocycles. The average Bonchev–Trinajstić information content (AvgIpc) is 2.48. The molecule has 1 aliphatic carbocycles. The van der Waals surface area contributed by atoms with Gasteiger partial charge in [-0.1, -0.05) is 25.3 Å². The minimum absolute atomic E-state index is 0.0497. The molecule has 1 fully saturated rings. The number of carbonyl (C=O) groups is 1. The highest BCUT2D eigenvalue weighted by Gasteiger charge is 2.32. The fourth-order valence-corrected chi connectivity index (χ4v) is 3.59. The van der Waals surface area contributed by atoms with E-state index < -0.39 is 21.0 Å². The first-order chi connectivity index (χ1) is 9.51. The summed E-state index contributed by atoms with van der Waals surface area (Å²) in [5, 5.41) is 1.69. The number of nitrogens with zero attached hydrogens (tertiary/aromatic N) is 1. The van der Waals surface area contributed by atoms with Gasteiger partial charge in [0, 0.05) is 12.2 Å². The molecule has 1 N–H and O–H groups in total. The second-order valence-corrected chi connectivity index (χ2v) is 7.41. The molecule has 1 aromatic rings. The number of nitrogens with one attached hydrogen (secondary N) is 1. The Labute approximate surface area is 119 Å². The van der Waals surface area contributed by atoms with E-state index in [-0.39, 0.29) is 11.1 Å². The van der Waals surface area contributed by atoms with Crippen LogP contribution in [0.5, 0.6) is 0 Å². The Morgan fingerprint density at radius 2 is 2.00 bits per heavy atom. The summed E-state index contributed by atoms with van der Waals surface area (Å²) < 4.78 is 24.6. The van der Waals surface area contributed by atoms with Crippen molar-refractivity contribution in [2.75, 3.05) is 0 Å². The molecular formula is C14H20N2O3S. The monoisotopic (exact) mass is 296 g/mol. The number of amides is 1. The van der Waals surface area contributed by atoms with Crippen molar-refractivity contribution in [3.05, 3.63) is 24.4 Å². The predicted molar refractivity (Wildman–Crippen MR) is 75.9 cm³/mol.